The lowest BCUT2D eigenvalue weighted by Gasteiger charge is -2.31. The first kappa shape index (κ1) is 14.8. The van der Waals surface area contributed by atoms with Crippen LogP contribution in [0.2, 0.25) is 5.54 Å². The molecule has 3 nitrogen and oxygen atoms in total. The number of nitrogens with zero attached hydrogens (tertiary/aromatic N) is 1. The number of hydrogen-bond donors (Lipinski definition) is 0. The molecule has 1 unspecified atom stereocenters. The fraction of sp³-hybridized carbons (Fsp3) is 0.909. The van der Waals surface area contributed by atoms with E-state index in [4.69, 9.17) is 9.47 Å². The van der Waals surface area contributed by atoms with Crippen molar-refractivity contribution in [2.75, 3.05) is 13.2 Å². The van der Waals surface area contributed by atoms with Gasteiger partial charge in [0, 0.05) is 35.6 Å². The molecule has 0 aliphatic heterocycles. The minimum Gasteiger partial charge on any atom is -0.332 e. The van der Waals surface area contributed by atoms with Crippen LogP contribution in [0.15, 0.2) is 4.99 Å². The van der Waals surface area contributed by atoms with E-state index in [9.17, 15) is 0 Å². The van der Waals surface area contributed by atoms with Crippen molar-refractivity contribution in [3.63, 3.8) is 0 Å². The van der Waals surface area contributed by atoms with Crippen molar-refractivity contribution in [3.05, 3.63) is 0 Å². The van der Waals surface area contributed by atoms with Crippen LogP contribution in [0.25, 0.3) is 0 Å². The van der Waals surface area contributed by atoms with Crippen LogP contribution in [0.1, 0.15) is 41.0 Å². The molecule has 0 N–H and O–H groups in total. The molecule has 1 atom stereocenters. The number of aliphatic imine (C=N–C) groups is 1. The van der Waals surface area contributed by atoms with Crippen LogP contribution >= 0.6 is 0 Å². The summed E-state index contributed by atoms with van der Waals surface area (Å²) in [5, 5.41) is 0. The smallest absolute Gasteiger partial charge is 0.269 e. The van der Waals surface area contributed by atoms with Crippen molar-refractivity contribution in [3.8, 4) is 0 Å². The Morgan fingerprint density at radius 3 is 2.00 bits per heavy atom. The van der Waals surface area contributed by atoms with Crippen molar-refractivity contribution in [1.82, 2.24) is 0 Å². The van der Waals surface area contributed by atoms with Crippen LogP contribution in [0, 0.1) is 0 Å². The van der Waals surface area contributed by atoms with Crippen LogP contribution in [0.4, 0.5) is 0 Å². The lowest BCUT2D eigenvalue weighted by Crippen LogP contribution is -2.36. The maximum atomic E-state index is 5.70. The third kappa shape index (κ3) is 6.07. The van der Waals surface area contributed by atoms with Gasteiger partial charge in [-0.2, -0.15) is 0 Å². The predicted octanol–water partition coefficient (Wildman–Crippen LogP) is 1.76. The van der Waals surface area contributed by atoms with Crippen molar-refractivity contribution in [2.45, 2.75) is 52.5 Å². The van der Waals surface area contributed by atoms with Gasteiger partial charge in [0.2, 0.25) is 0 Å². The zero-order valence-electron chi connectivity index (χ0n) is 11.0. The third-order valence-corrected chi connectivity index (χ3v) is 2.21. The average Bonchev–Trinajstić information content (AvgIpc) is 2.01. The molecule has 0 saturated heterocycles. The van der Waals surface area contributed by atoms with Gasteiger partial charge in [-0.1, -0.05) is 12.5 Å². The first-order chi connectivity index (χ1) is 6.95. The number of rotatable bonds is 7. The molecule has 0 aromatic rings. The molecule has 0 heterocycles. The summed E-state index contributed by atoms with van der Waals surface area (Å²) in [6.07, 6.45) is 0.853. The van der Waals surface area contributed by atoms with Crippen molar-refractivity contribution < 1.29 is 9.47 Å². The average molecular weight is 231 g/mol. The molecular weight excluding hydrogens is 206 g/mol. The first-order valence-corrected chi connectivity index (χ1v) is 6.92. The molecule has 0 rings (SSSR count). The van der Waals surface area contributed by atoms with Crippen molar-refractivity contribution in [1.29, 1.82) is 0 Å². The highest BCUT2D eigenvalue weighted by Crippen LogP contribution is 2.26. The summed E-state index contributed by atoms with van der Waals surface area (Å²) in [7, 11) is 1.14. The second kappa shape index (κ2) is 7.14. The maximum Gasteiger partial charge on any atom is 0.269 e. The molecule has 0 aliphatic rings. The van der Waals surface area contributed by atoms with Crippen LogP contribution in [0.5, 0.6) is 0 Å². The molecule has 0 aliphatic carbocycles. The molecule has 0 spiro atoms. The van der Waals surface area contributed by atoms with E-state index in [1.807, 2.05) is 27.7 Å². The fourth-order valence-electron chi connectivity index (χ4n) is 1.58. The molecule has 0 aromatic heterocycles. The monoisotopic (exact) mass is 231 g/mol. The topological polar surface area (TPSA) is 30.8 Å². The molecule has 15 heavy (non-hydrogen) atoms. The molecule has 0 fully saturated rings. The van der Waals surface area contributed by atoms with Crippen LogP contribution in [0.3, 0.4) is 0 Å². The standard InChI is InChI=1S/C11H25NO2Si/c1-6-13-11(14-7-2,8-10(5)15)12-9(3)4/h10H,6-8H2,1-5,15H3. The number of ether oxygens (including phenoxy) is 2. The zero-order valence-corrected chi connectivity index (χ0v) is 13.0. The highest BCUT2D eigenvalue weighted by atomic mass is 28.1. The molecular formula is C11H25NO2Si. The van der Waals surface area contributed by atoms with Gasteiger partial charge in [-0.15, -0.1) is 0 Å². The Kier molecular flexibility index (Phi) is 7.05. The van der Waals surface area contributed by atoms with E-state index in [2.05, 4.69) is 11.9 Å². The van der Waals surface area contributed by atoms with E-state index < -0.39 is 5.91 Å². The molecule has 0 radical (unpaired) electrons. The highest BCUT2D eigenvalue weighted by Gasteiger charge is 2.31. The minimum atomic E-state index is -0.733. The number of hydrogen-bond acceptors (Lipinski definition) is 3. The first-order valence-electron chi connectivity index (χ1n) is 5.76. The predicted molar refractivity (Wildman–Crippen MR) is 68.7 cm³/mol. The summed E-state index contributed by atoms with van der Waals surface area (Å²) in [4.78, 5) is 4.52. The Labute approximate surface area is 96.7 Å². The lowest BCUT2D eigenvalue weighted by molar-refractivity contribution is -0.230. The minimum absolute atomic E-state index is 0.630. The zero-order chi connectivity index (χ0) is 11.9. The Morgan fingerprint density at radius 2 is 1.73 bits per heavy atom. The van der Waals surface area contributed by atoms with Crippen LogP contribution in [-0.4, -0.2) is 35.1 Å². The molecule has 0 amide bonds. The summed E-state index contributed by atoms with van der Waals surface area (Å²) in [5.41, 5.74) is 1.63. The van der Waals surface area contributed by atoms with Crippen molar-refractivity contribution in [2.24, 2.45) is 4.99 Å². The molecule has 0 saturated carbocycles. The van der Waals surface area contributed by atoms with E-state index in [-0.39, 0.29) is 0 Å². The second-order valence-electron chi connectivity index (χ2n) is 4.24. The van der Waals surface area contributed by atoms with Crippen molar-refractivity contribution >= 4 is 16.0 Å². The quantitative estimate of drug-likeness (QED) is 0.380. The second-order valence-corrected chi connectivity index (χ2v) is 6.21. The van der Waals surface area contributed by atoms with Gasteiger partial charge in [-0.3, -0.25) is 0 Å². The summed E-state index contributed by atoms with van der Waals surface area (Å²) in [6.45, 7) is 11.4. The van der Waals surface area contributed by atoms with Gasteiger partial charge >= 0.3 is 0 Å². The Bertz CT molecular complexity index is 195. The molecule has 0 aromatic carbocycles. The summed E-state index contributed by atoms with van der Waals surface area (Å²) >= 11 is 0. The van der Waals surface area contributed by atoms with Gasteiger partial charge in [0.1, 0.15) is 0 Å². The summed E-state index contributed by atoms with van der Waals surface area (Å²) < 4.78 is 11.4. The van der Waals surface area contributed by atoms with E-state index in [1.54, 1.807) is 0 Å². The third-order valence-electron chi connectivity index (χ3n) is 1.80. The Balaban J connectivity index is 4.79. The van der Waals surface area contributed by atoms with Gasteiger partial charge in [0.15, 0.2) is 0 Å². The fourth-order valence-corrected chi connectivity index (χ4v) is 2.09. The van der Waals surface area contributed by atoms with Crippen LogP contribution < -0.4 is 0 Å². The van der Waals surface area contributed by atoms with E-state index in [0.29, 0.717) is 18.8 Å². The maximum absolute atomic E-state index is 5.70. The molecule has 0 bridgehead atoms. The normalized spacial score (nSPS) is 13.9. The van der Waals surface area contributed by atoms with E-state index in [0.717, 1.165) is 22.4 Å². The van der Waals surface area contributed by atoms with Crippen LogP contribution in [-0.2, 0) is 9.47 Å². The Morgan fingerprint density at radius 1 is 1.27 bits per heavy atom. The summed E-state index contributed by atoms with van der Waals surface area (Å²) in [5.74, 6) is -0.733. The molecule has 90 valence electrons. The lowest BCUT2D eigenvalue weighted by atomic mass is 10.2. The van der Waals surface area contributed by atoms with Gasteiger partial charge in [0.25, 0.3) is 5.91 Å². The molecule has 4 heteroatoms. The largest absolute Gasteiger partial charge is 0.332 e. The van der Waals surface area contributed by atoms with Gasteiger partial charge < -0.3 is 9.47 Å². The highest BCUT2D eigenvalue weighted by molar-refractivity contribution is 6.11. The summed E-state index contributed by atoms with van der Waals surface area (Å²) in [6, 6.07) is 0. The SMILES string of the molecule is CCOC(CC(C)[SiH3])(N=C(C)C)OCC. The van der Waals surface area contributed by atoms with Gasteiger partial charge in [0.05, 0.1) is 0 Å². The van der Waals surface area contributed by atoms with E-state index in [1.165, 1.54) is 0 Å². The van der Waals surface area contributed by atoms with Gasteiger partial charge in [-0.05, 0) is 27.7 Å². The van der Waals surface area contributed by atoms with Gasteiger partial charge in [-0.25, -0.2) is 4.99 Å². The van der Waals surface area contributed by atoms with E-state index >= 15 is 0 Å². The Hall–Kier alpha value is -0.193.